The largest absolute Gasteiger partial charge is 0.426 e. The quantitative estimate of drug-likeness (QED) is 0.248. The second-order valence-electron chi connectivity index (χ2n) is 9.37. The third kappa shape index (κ3) is 6.09. The molecule has 0 N–H and O–H groups in total. The summed E-state index contributed by atoms with van der Waals surface area (Å²) in [6.45, 7) is 4.54. The lowest BCUT2D eigenvalue weighted by Crippen LogP contribution is -2.18. The van der Waals surface area contributed by atoms with Crippen LogP contribution in [0.25, 0.3) is 0 Å². The molecule has 2 nitrogen and oxygen atoms in total. The number of benzene rings is 1. The van der Waals surface area contributed by atoms with Crippen molar-refractivity contribution in [2.24, 2.45) is 17.8 Å². The lowest BCUT2D eigenvalue weighted by atomic mass is 9.77. The van der Waals surface area contributed by atoms with Crippen LogP contribution in [-0.2, 0) is 4.79 Å². The summed E-state index contributed by atoms with van der Waals surface area (Å²) < 4.78 is 5.72. The van der Waals surface area contributed by atoms with Crippen LogP contribution in [0.3, 0.4) is 0 Å². The molecule has 0 amide bonds. The maximum absolute atomic E-state index is 12.6. The zero-order valence-electron chi connectivity index (χ0n) is 18.1. The lowest BCUT2D eigenvalue weighted by molar-refractivity contribution is -0.138. The van der Waals surface area contributed by atoms with Crippen LogP contribution in [0.15, 0.2) is 24.3 Å². The second kappa shape index (κ2) is 11.0. The van der Waals surface area contributed by atoms with Crippen LogP contribution in [0.4, 0.5) is 0 Å². The number of carbonyl (C=O) groups excluding carboxylic acids is 1. The van der Waals surface area contributed by atoms with Gasteiger partial charge in [-0.3, -0.25) is 4.79 Å². The summed E-state index contributed by atoms with van der Waals surface area (Å²) in [6, 6.07) is 8.41. The third-order valence-corrected chi connectivity index (χ3v) is 7.20. The first-order valence-electron chi connectivity index (χ1n) is 12.0. The summed E-state index contributed by atoms with van der Waals surface area (Å²) in [7, 11) is 0. The van der Waals surface area contributed by atoms with Crippen molar-refractivity contribution in [3.8, 4) is 5.75 Å². The van der Waals surface area contributed by atoms with Gasteiger partial charge in [0, 0.05) is 0 Å². The number of unbranched alkanes of at least 4 members (excludes halogenated alkanes) is 2. The summed E-state index contributed by atoms with van der Waals surface area (Å²) >= 11 is 0. The van der Waals surface area contributed by atoms with Crippen molar-refractivity contribution in [3.63, 3.8) is 0 Å². The van der Waals surface area contributed by atoms with Crippen molar-refractivity contribution >= 4 is 5.97 Å². The van der Waals surface area contributed by atoms with Crippen molar-refractivity contribution in [1.29, 1.82) is 0 Å². The molecule has 0 radical (unpaired) electrons. The molecule has 28 heavy (non-hydrogen) atoms. The molecule has 0 bridgehead atoms. The number of esters is 1. The first-order valence-corrected chi connectivity index (χ1v) is 12.0. The number of carbonyl (C=O) groups is 1. The first-order chi connectivity index (χ1) is 13.7. The van der Waals surface area contributed by atoms with Crippen LogP contribution in [0.1, 0.15) is 109 Å². The highest BCUT2D eigenvalue weighted by atomic mass is 16.5. The van der Waals surface area contributed by atoms with E-state index < -0.39 is 0 Å². The minimum Gasteiger partial charge on any atom is -0.426 e. The van der Waals surface area contributed by atoms with Crippen LogP contribution < -0.4 is 4.74 Å². The minimum absolute atomic E-state index is 0.00850. The van der Waals surface area contributed by atoms with Gasteiger partial charge in [-0.1, -0.05) is 64.5 Å². The molecule has 2 atom stereocenters. The van der Waals surface area contributed by atoms with Crippen LogP contribution in [0.5, 0.6) is 5.75 Å². The van der Waals surface area contributed by atoms with Crippen LogP contribution >= 0.6 is 0 Å². The lowest BCUT2D eigenvalue weighted by Gasteiger charge is -2.28. The normalized spacial score (nSPS) is 27.6. The molecule has 0 heterocycles. The van der Waals surface area contributed by atoms with Gasteiger partial charge in [-0.2, -0.15) is 0 Å². The van der Waals surface area contributed by atoms with E-state index in [0.717, 1.165) is 30.4 Å². The van der Waals surface area contributed by atoms with E-state index in [2.05, 4.69) is 26.0 Å². The molecule has 0 aromatic heterocycles. The minimum atomic E-state index is -0.00850. The van der Waals surface area contributed by atoms with Gasteiger partial charge in [0.15, 0.2) is 0 Å². The van der Waals surface area contributed by atoms with Gasteiger partial charge in [-0.05, 0) is 80.4 Å². The molecule has 0 aliphatic heterocycles. The molecule has 0 saturated heterocycles. The van der Waals surface area contributed by atoms with E-state index in [-0.39, 0.29) is 11.9 Å². The maximum atomic E-state index is 12.6. The van der Waals surface area contributed by atoms with E-state index in [9.17, 15) is 4.79 Å². The van der Waals surface area contributed by atoms with Gasteiger partial charge < -0.3 is 4.74 Å². The molecule has 2 aliphatic rings. The fraction of sp³-hybridized carbons (Fsp3) is 0.731. The van der Waals surface area contributed by atoms with Crippen LogP contribution in [-0.4, -0.2) is 5.97 Å². The van der Waals surface area contributed by atoms with Crippen LogP contribution in [0.2, 0.25) is 0 Å². The van der Waals surface area contributed by atoms with E-state index in [1.54, 1.807) is 0 Å². The summed E-state index contributed by atoms with van der Waals surface area (Å²) in [5.41, 5.74) is 1.42. The highest BCUT2D eigenvalue weighted by Gasteiger charge is 2.31. The van der Waals surface area contributed by atoms with Crippen LogP contribution in [0, 0.1) is 17.8 Å². The molecule has 2 aliphatic carbocycles. The fourth-order valence-electron chi connectivity index (χ4n) is 5.43. The van der Waals surface area contributed by atoms with E-state index in [1.165, 1.54) is 76.2 Å². The predicted octanol–water partition coefficient (Wildman–Crippen LogP) is 7.66. The number of rotatable bonds is 9. The van der Waals surface area contributed by atoms with Gasteiger partial charge in [-0.25, -0.2) is 0 Å². The molecule has 156 valence electrons. The average molecular weight is 385 g/mol. The van der Waals surface area contributed by atoms with E-state index in [1.807, 2.05) is 12.1 Å². The molecule has 0 unspecified atom stereocenters. The monoisotopic (exact) mass is 384 g/mol. The Morgan fingerprint density at radius 1 is 0.857 bits per heavy atom. The number of ether oxygens (including phenoxy) is 1. The molecule has 0 spiro atoms. The molecule has 1 aromatic carbocycles. The van der Waals surface area contributed by atoms with Crippen molar-refractivity contribution in [1.82, 2.24) is 0 Å². The smallest absolute Gasteiger partial charge is 0.314 e. The Kier molecular flexibility index (Phi) is 8.43. The SMILES string of the molecule is CCCCC[C@@H]1CC[C@@H](C(=O)Oc2ccc(C3CCC(CCC)CC3)cc2)C1. The van der Waals surface area contributed by atoms with Gasteiger partial charge in [-0.15, -0.1) is 0 Å². The van der Waals surface area contributed by atoms with Gasteiger partial charge >= 0.3 is 5.97 Å². The second-order valence-corrected chi connectivity index (χ2v) is 9.37. The summed E-state index contributed by atoms with van der Waals surface area (Å²) in [5, 5.41) is 0. The van der Waals surface area contributed by atoms with Gasteiger partial charge in [0.2, 0.25) is 0 Å². The van der Waals surface area contributed by atoms with Crippen molar-refractivity contribution in [2.75, 3.05) is 0 Å². The zero-order chi connectivity index (χ0) is 19.8. The van der Waals surface area contributed by atoms with Gasteiger partial charge in [0.25, 0.3) is 0 Å². The first kappa shape index (κ1) is 21.4. The zero-order valence-corrected chi connectivity index (χ0v) is 18.1. The highest BCUT2D eigenvalue weighted by Crippen LogP contribution is 2.38. The standard InChI is InChI=1S/C26H40O2/c1-3-5-6-8-21-11-14-24(19-21)26(27)28-25-17-15-23(16-18-25)22-12-9-20(7-4-2)10-13-22/h15-18,20-22,24H,3-14,19H2,1-2H3/t20?,21-,22?,24-/m1/s1. The third-order valence-electron chi connectivity index (χ3n) is 7.20. The van der Waals surface area contributed by atoms with E-state index in [4.69, 9.17) is 4.74 Å². The molecule has 1 aromatic rings. The van der Waals surface area contributed by atoms with E-state index in [0.29, 0.717) is 5.92 Å². The van der Waals surface area contributed by atoms with Crippen molar-refractivity contribution < 1.29 is 9.53 Å². The summed E-state index contributed by atoms with van der Waals surface area (Å²) in [5.74, 6) is 3.19. The molecule has 2 heteroatoms. The maximum Gasteiger partial charge on any atom is 0.314 e. The Bertz CT molecular complexity index is 583. The number of hydrogen-bond acceptors (Lipinski definition) is 2. The molecular weight excluding hydrogens is 344 g/mol. The Hall–Kier alpha value is -1.31. The van der Waals surface area contributed by atoms with Gasteiger partial charge in [0.1, 0.15) is 5.75 Å². The van der Waals surface area contributed by atoms with Gasteiger partial charge in [0.05, 0.1) is 5.92 Å². The topological polar surface area (TPSA) is 26.3 Å². The Morgan fingerprint density at radius 3 is 2.25 bits per heavy atom. The Morgan fingerprint density at radius 2 is 1.57 bits per heavy atom. The van der Waals surface area contributed by atoms with Crippen molar-refractivity contribution in [2.45, 2.75) is 103 Å². The molecule has 3 rings (SSSR count). The molecule has 2 fully saturated rings. The summed E-state index contributed by atoms with van der Waals surface area (Å²) in [6.07, 6.45) is 16.5. The Balaban J connectivity index is 1.44. The van der Waals surface area contributed by atoms with Crippen molar-refractivity contribution in [3.05, 3.63) is 29.8 Å². The molecule has 2 saturated carbocycles. The predicted molar refractivity (Wildman–Crippen MR) is 117 cm³/mol. The highest BCUT2D eigenvalue weighted by molar-refractivity contribution is 5.75. The fourth-order valence-corrected chi connectivity index (χ4v) is 5.43. The number of hydrogen-bond donors (Lipinski definition) is 0. The van der Waals surface area contributed by atoms with E-state index >= 15 is 0 Å². The summed E-state index contributed by atoms with van der Waals surface area (Å²) in [4.78, 5) is 12.6. The average Bonchev–Trinajstić information content (AvgIpc) is 3.19. The molecular formula is C26H40O2. The Labute approximate surface area is 172 Å².